The number of hydrogen-bond donors (Lipinski definition) is 1. The van der Waals surface area contributed by atoms with Crippen molar-refractivity contribution in [2.45, 2.75) is 26.2 Å². The molecule has 21 heavy (non-hydrogen) atoms. The number of hydrogen-bond acceptors (Lipinski definition) is 3. The number of carbonyl (C=O) groups is 1. The molecule has 0 aliphatic rings. The molecule has 0 aliphatic heterocycles. The zero-order valence-electron chi connectivity index (χ0n) is 12.4. The summed E-state index contributed by atoms with van der Waals surface area (Å²) in [5.74, 6) is 2.54. The van der Waals surface area contributed by atoms with Crippen LogP contribution < -0.4 is 5.32 Å². The molecule has 0 fully saturated rings. The predicted octanol–water partition coefficient (Wildman–Crippen LogP) is 4.09. The molecule has 0 spiro atoms. The normalized spacial score (nSPS) is 11.0. The molecule has 1 amide bonds. The third-order valence-corrected chi connectivity index (χ3v) is 4.52. The highest BCUT2D eigenvalue weighted by Gasteiger charge is 2.10. The second-order valence-corrected chi connectivity index (χ2v) is 6.55. The van der Waals surface area contributed by atoms with Gasteiger partial charge in [0.1, 0.15) is 0 Å². The highest BCUT2D eigenvalue weighted by atomic mass is 35.5. The number of aryl methyl sites for hydroxylation is 1. The molecule has 4 nitrogen and oxygen atoms in total. The second kappa shape index (κ2) is 7.71. The van der Waals surface area contributed by atoms with Crippen LogP contribution in [0, 0.1) is 0 Å². The number of nitrogens with one attached hydrogen (secondary N) is 1. The third kappa shape index (κ3) is 4.38. The van der Waals surface area contributed by atoms with Gasteiger partial charge in [-0.3, -0.25) is 10.1 Å². The number of rotatable bonds is 7. The SMILES string of the molecule is CCCCSCCC(=O)Nc1nc2cc(Cl)ccc2n1C. The van der Waals surface area contributed by atoms with E-state index < -0.39 is 0 Å². The van der Waals surface area contributed by atoms with Crippen molar-refractivity contribution in [2.24, 2.45) is 7.05 Å². The van der Waals surface area contributed by atoms with Gasteiger partial charge in [-0.1, -0.05) is 24.9 Å². The molecule has 0 unspecified atom stereocenters. The Labute approximate surface area is 134 Å². The lowest BCUT2D eigenvalue weighted by molar-refractivity contribution is -0.115. The highest BCUT2D eigenvalue weighted by molar-refractivity contribution is 7.99. The monoisotopic (exact) mass is 325 g/mol. The minimum atomic E-state index is 0.00324. The van der Waals surface area contributed by atoms with Crippen LogP contribution in [0.4, 0.5) is 5.95 Å². The second-order valence-electron chi connectivity index (χ2n) is 4.89. The van der Waals surface area contributed by atoms with Crippen LogP contribution in [0.1, 0.15) is 26.2 Å². The van der Waals surface area contributed by atoms with Gasteiger partial charge < -0.3 is 4.57 Å². The van der Waals surface area contributed by atoms with Gasteiger partial charge in [-0.25, -0.2) is 4.98 Å². The molecule has 2 aromatic rings. The zero-order valence-corrected chi connectivity index (χ0v) is 13.9. The number of amides is 1. The van der Waals surface area contributed by atoms with E-state index in [1.54, 1.807) is 6.07 Å². The quantitative estimate of drug-likeness (QED) is 0.780. The fourth-order valence-electron chi connectivity index (χ4n) is 1.99. The van der Waals surface area contributed by atoms with Crippen LogP contribution in [-0.4, -0.2) is 27.0 Å². The molecule has 0 aliphatic carbocycles. The van der Waals surface area contributed by atoms with Crippen molar-refractivity contribution in [1.82, 2.24) is 9.55 Å². The van der Waals surface area contributed by atoms with Crippen LogP contribution in [0.2, 0.25) is 5.02 Å². The van der Waals surface area contributed by atoms with Crippen LogP contribution in [0.25, 0.3) is 11.0 Å². The molecule has 0 saturated heterocycles. The summed E-state index contributed by atoms with van der Waals surface area (Å²) in [7, 11) is 1.88. The van der Waals surface area contributed by atoms with Crippen LogP contribution in [0.5, 0.6) is 0 Å². The number of anilines is 1. The molecular weight excluding hydrogens is 306 g/mol. The summed E-state index contributed by atoms with van der Waals surface area (Å²) < 4.78 is 1.87. The lowest BCUT2D eigenvalue weighted by Crippen LogP contribution is -2.15. The van der Waals surface area contributed by atoms with Crippen molar-refractivity contribution in [3.63, 3.8) is 0 Å². The Morgan fingerprint density at radius 3 is 3.00 bits per heavy atom. The molecule has 2 rings (SSSR count). The standard InChI is InChI=1S/C15H20ClN3OS/c1-3-4-8-21-9-7-14(20)18-15-17-12-10-11(16)5-6-13(12)19(15)2/h5-6,10H,3-4,7-9H2,1-2H3,(H,17,18,20). The Kier molecular flexibility index (Phi) is 5.94. The van der Waals surface area contributed by atoms with E-state index in [2.05, 4.69) is 17.2 Å². The first-order chi connectivity index (χ1) is 10.1. The fourth-order valence-corrected chi connectivity index (χ4v) is 3.18. The third-order valence-electron chi connectivity index (χ3n) is 3.21. The van der Waals surface area contributed by atoms with Crippen LogP contribution >= 0.6 is 23.4 Å². The summed E-state index contributed by atoms with van der Waals surface area (Å²) in [5.41, 5.74) is 1.74. The van der Waals surface area contributed by atoms with Gasteiger partial charge in [0.25, 0.3) is 0 Å². The average Bonchev–Trinajstić information content (AvgIpc) is 2.74. The van der Waals surface area contributed by atoms with Crippen LogP contribution in [-0.2, 0) is 11.8 Å². The van der Waals surface area contributed by atoms with Gasteiger partial charge in [0.05, 0.1) is 11.0 Å². The molecule has 114 valence electrons. The summed E-state index contributed by atoms with van der Waals surface area (Å²) in [6, 6.07) is 5.52. The van der Waals surface area contributed by atoms with Crippen molar-refractivity contribution < 1.29 is 4.79 Å². The molecule has 0 atom stereocenters. The molecule has 1 aromatic heterocycles. The fraction of sp³-hybridized carbons (Fsp3) is 0.467. The number of unbranched alkanes of at least 4 members (excludes halogenated alkanes) is 1. The maximum absolute atomic E-state index is 11.9. The molecular formula is C15H20ClN3OS. The molecule has 0 saturated carbocycles. The number of nitrogens with zero attached hydrogens (tertiary/aromatic N) is 2. The van der Waals surface area contributed by atoms with E-state index in [9.17, 15) is 4.79 Å². The number of benzene rings is 1. The van der Waals surface area contributed by atoms with E-state index in [-0.39, 0.29) is 5.91 Å². The van der Waals surface area contributed by atoms with E-state index in [4.69, 9.17) is 11.6 Å². The first kappa shape index (κ1) is 16.2. The van der Waals surface area contributed by atoms with Crippen molar-refractivity contribution in [3.8, 4) is 0 Å². The molecule has 0 radical (unpaired) electrons. The number of halogens is 1. The van der Waals surface area contributed by atoms with E-state index >= 15 is 0 Å². The molecule has 1 N–H and O–H groups in total. The van der Waals surface area contributed by atoms with Gasteiger partial charge >= 0.3 is 0 Å². The summed E-state index contributed by atoms with van der Waals surface area (Å²) >= 11 is 7.78. The number of aromatic nitrogens is 2. The summed E-state index contributed by atoms with van der Waals surface area (Å²) in [4.78, 5) is 16.3. The van der Waals surface area contributed by atoms with Gasteiger partial charge in [-0.15, -0.1) is 0 Å². The Morgan fingerprint density at radius 1 is 1.43 bits per heavy atom. The van der Waals surface area contributed by atoms with Crippen molar-refractivity contribution in [3.05, 3.63) is 23.2 Å². The first-order valence-electron chi connectivity index (χ1n) is 7.11. The Hall–Kier alpha value is -1.20. The smallest absolute Gasteiger partial charge is 0.227 e. The van der Waals surface area contributed by atoms with Gasteiger partial charge in [0.2, 0.25) is 11.9 Å². The lowest BCUT2D eigenvalue weighted by Gasteiger charge is -2.05. The summed E-state index contributed by atoms with van der Waals surface area (Å²) in [5, 5.41) is 3.51. The zero-order chi connectivity index (χ0) is 15.2. The van der Waals surface area contributed by atoms with Gasteiger partial charge in [-0.05, 0) is 30.4 Å². The van der Waals surface area contributed by atoms with E-state index in [1.807, 2.05) is 35.5 Å². The minimum absolute atomic E-state index is 0.00324. The number of thioether (sulfide) groups is 1. The molecule has 1 heterocycles. The molecule has 6 heteroatoms. The number of carbonyl (C=O) groups excluding carboxylic acids is 1. The number of fused-ring (bicyclic) bond motifs is 1. The van der Waals surface area contributed by atoms with Crippen LogP contribution in [0.3, 0.4) is 0 Å². The van der Waals surface area contributed by atoms with Crippen molar-refractivity contribution >= 4 is 46.3 Å². The lowest BCUT2D eigenvalue weighted by atomic mass is 10.3. The average molecular weight is 326 g/mol. The maximum atomic E-state index is 11.9. The Balaban J connectivity index is 1.93. The topological polar surface area (TPSA) is 46.9 Å². The van der Waals surface area contributed by atoms with E-state index in [1.165, 1.54) is 12.8 Å². The van der Waals surface area contributed by atoms with E-state index in [0.29, 0.717) is 17.4 Å². The Morgan fingerprint density at radius 2 is 2.24 bits per heavy atom. The first-order valence-corrected chi connectivity index (χ1v) is 8.64. The molecule has 0 bridgehead atoms. The van der Waals surface area contributed by atoms with Gasteiger partial charge in [-0.2, -0.15) is 11.8 Å². The minimum Gasteiger partial charge on any atom is -0.313 e. The predicted molar refractivity (Wildman–Crippen MR) is 91.2 cm³/mol. The van der Waals surface area contributed by atoms with E-state index in [0.717, 1.165) is 22.5 Å². The van der Waals surface area contributed by atoms with Crippen molar-refractivity contribution in [2.75, 3.05) is 16.8 Å². The largest absolute Gasteiger partial charge is 0.313 e. The number of imidazole rings is 1. The summed E-state index contributed by atoms with van der Waals surface area (Å²) in [6.07, 6.45) is 2.91. The summed E-state index contributed by atoms with van der Waals surface area (Å²) in [6.45, 7) is 2.17. The maximum Gasteiger partial charge on any atom is 0.227 e. The van der Waals surface area contributed by atoms with Crippen LogP contribution in [0.15, 0.2) is 18.2 Å². The van der Waals surface area contributed by atoms with Crippen molar-refractivity contribution in [1.29, 1.82) is 0 Å². The molecule has 1 aromatic carbocycles. The van der Waals surface area contributed by atoms with Gasteiger partial charge in [0, 0.05) is 24.2 Å². The Bertz CT molecular complexity index is 627. The van der Waals surface area contributed by atoms with Gasteiger partial charge in [0.15, 0.2) is 0 Å². The highest BCUT2D eigenvalue weighted by Crippen LogP contribution is 2.22.